The Bertz CT molecular complexity index is 559. The van der Waals surface area contributed by atoms with E-state index in [4.69, 9.17) is 11.6 Å². The Balaban J connectivity index is 2.07. The summed E-state index contributed by atoms with van der Waals surface area (Å²) in [5, 5.41) is 3.50. The summed E-state index contributed by atoms with van der Waals surface area (Å²) in [5.74, 6) is -0.280. The lowest BCUT2D eigenvalue weighted by atomic mass is 10.3. The van der Waals surface area contributed by atoms with Crippen molar-refractivity contribution in [3.63, 3.8) is 0 Å². The minimum absolute atomic E-state index is 0.242. The summed E-state index contributed by atoms with van der Waals surface area (Å²) in [6, 6.07) is 5.81. The third-order valence-electron chi connectivity index (χ3n) is 2.07. The fourth-order valence-corrected chi connectivity index (χ4v) is 2.26. The van der Waals surface area contributed by atoms with Crippen LogP contribution in [-0.4, -0.2) is 11.3 Å². The van der Waals surface area contributed by atoms with Gasteiger partial charge in [0.25, 0.3) is 0 Å². The molecule has 8 heteroatoms. The highest BCUT2D eigenvalue weighted by atomic mass is 35.5. The summed E-state index contributed by atoms with van der Waals surface area (Å²) in [6.45, 7) is 0.273. The molecule has 0 saturated heterocycles. The van der Waals surface area contributed by atoms with Gasteiger partial charge in [0.15, 0.2) is 5.75 Å². The van der Waals surface area contributed by atoms with Crippen molar-refractivity contribution in [3.05, 3.63) is 39.8 Å². The second-order valence-corrected chi connectivity index (χ2v) is 5.20. The minimum Gasteiger partial charge on any atom is -0.404 e. The Hall–Kier alpha value is -1.47. The topological polar surface area (TPSA) is 34.1 Å². The van der Waals surface area contributed by atoms with Crippen molar-refractivity contribution in [1.29, 1.82) is 0 Å². The largest absolute Gasteiger partial charge is 0.573 e. The van der Waals surface area contributed by atoms with Gasteiger partial charge in [0, 0.05) is 0 Å². The van der Waals surface area contributed by atoms with Crippen LogP contribution < -0.4 is 10.1 Å². The summed E-state index contributed by atoms with van der Waals surface area (Å²) in [4.78, 5) is 4.00. The average molecular weight is 309 g/mol. The number of para-hydroxylation sites is 2. The van der Waals surface area contributed by atoms with Gasteiger partial charge < -0.3 is 10.1 Å². The van der Waals surface area contributed by atoms with Gasteiger partial charge in [0.1, 0.15) is 9.34 Å². The smallest absolute Gasteiger partial charge is 0.404 e. The molecule has 2 rings (SSSR count). The van der Waals surface area contributed by atoms with Gasteiger partial charge in [0.2, 0.25) is 0 Å². The maximum atomic E-state index is 12.2. The normalized spacial score (nSPS) is 11.4. The summed E-state index contributed by atoms with van der Waals surface area (Å²) in [5.41, 5.74) is 0.242. The van der Waals surface area contributed by atoms with Crippen molar-refractivity contribution in [3.8, 4) is 5.75 Å². The minimum atomic E-state index is -4.72. The van der Waals surface area contributed by atoms with E-state index in [1.807, 2.05) is 0 Å². The zero-order valence-corrected chi connectivity index (χ0v) is 10.9. The number of hydrogen-bond donors (Lipinski definition) is 1. The second kappa shape index (κ2) is 5.66. The Kier molecular flexibility index (Phi) is 4.16. The first-order chi connectivity index (χ1) is 8.94. The predicted molar refractivity (Wildman–Crippen MR) is 67.6 cm³/mol. The van der Waals surface area contributed by atoms with E-state index < -0.39 is 6.36 Å². The molecule has 19 heavy (non-hydrogen) atoms. The molecule has 0 unspecified atom stereocenters. The lowest BCUT2D eigenvalue weighted by Gasteiger charge is -2.13. The number of thiazole rings is 1. The molecule has 0 aliphatic carbocycles. The number of benzene rings is 1. The molecular formula is C11H8ClF3N2OS. The number of nitrogens with one attached hydrogen (secondary N) is 1. The van der Waals surface area contributed by atoms with Crippen LogP contribution in [0.3, 0.4) is 0 Å². The first kappa shape index (κ1) is 14.0. The molecule has 0 bridgehead atoms. The van der Waals surface area contributed by atoms with E-state index >= 15 is 0 Å². The van der Waals surface area contributed by atoms with E-state index in [1.165, 1.54) is 35.7 Å². The van der Waals surface area contributed by atoms with Gasteiger partial charge in [-0.2, -0.15) is 0 Å². The summed E-state index contributed by atoms with van der Waals surface area (Å²) < 4.78 is 41.1. The maximum Gasteiger partial charge on any atom is 0.573 e. The molecule has 1 aromatic heterocycles. The highest BCUT2D eigenvalue weighted by Crippen LogP contribution is 2.30. The zero-order chi connectivity index (χ0) is 13.9. The molecule has 0 spiro atoms. The molecule has 0 saturated carbocycles. The number of alkyl halides is 3. The summed E-state index contributed by atoms with van der Waals surface area (Å²) >= 11 is 6.97. The summed E-state index contributed by atoms with van der Waals surface area (Å²) in [7, 11) is 0. The number of rotatable bonds is 4. The number of nitrogens with zero attached hydrogens (tertiary/aromatic N) is 1. The SMILES string of the molecule is FC(F)(F)Oc1ccccc1NCc1ncc(Cl)s1. The van der Waals surface area contributed by atoms with Crippen molar-refractivity contribution >= 4 is 28.6 Å². The van der Waals surface area contributed by atoms with E-state index in [0.717, 1.165) is 0 Å². The van der Waals surface area contributed by atoms with Gasteiger partial charge in [0.05, 0.1) is 18.4 Å². The van der Waals surface area contributed by atoms with Crippen LogP contribution in [0.2, 0.25) is 4.34 Å². The van der Waals surface area contributed by atoms with Crippen LogP contribution in [0.5, 0.6) is 5.75 Å². The van der Waals surface area contributed by atoms with Crippen LogP contribution >= 0.6 is 22.9 Å². The Morgan fingerprint density at radius 1 is 1.32 bits per heavy atom. The molecule has 1 aromatic carbocycles. The van der Waals surface area contributed by atoms with Crippen LogP contribution in [0.25, 0.3) is 0 Å². The molecule has 0 fully saturated rings. The zero-order valence-electron chi connectivity index (χ0n) is 9.37. The van der Waals surface area contributed by atoms with Crippen LogP contribution in [0.4, 0.5) is 18.9 Å². The second-order valence-electron chi connectivity index (χ2n) is 3.46. The Morgan fingerprint density at radius 3 is 2.68 bits per heavy atom. The van der Waals surface area contributed by atoms with Gasteiger partial charge in [-0.3, -0.25) is 0 Å². The van der Waals surface area contributed by atoms with Crippen LogP contribution in [0.15, 0.2) is 30.5 Å². The first-order valence-corrected chi connectivity index (χ1v) is 6.32. The molecule has 0 atom stereocenters. The van der Waals surface area contributed by atoms with Crippen molar-refractivity contribution in [2.45, 2.75) is 12.9 Å². The molecule has 2 aromatic rings. The van der Waals surface area contributed by atoms with Gasteiger partial charge in [-0.05, 0) is 12.1 Å². The van der Waals surface area contributed by atoms with E-state index in [2.05, 4.69) is 15.0 Å². The third kappa shape index (κ3) is 4.29. The van der Waals surface area contributed by atoms with Gasteiger partial charge in [-0.25, -0.2) is 4.98 Å². The molecule has 3 nitrogen and oxygen atoms in total. The molecule has 0 radical (unpaired) electrons. The van der Waals surface area contributed by atoms with E-state index in [-0.39, 0.29) is 18.0 Å². The highest BCUT2D eigenvalue weighted by Gasteiger charge is 2.32. The molecule has 0 aliphatic heterocycles. The Labute approximate surface area is 116 Å². The monoisotopic (exact) mass is 308 g/mol. The van der Waals surface area contributed by atoms with Crippen molar-refractivity contribution in [1.82, 2.24) is 4.98 Å². The highest BCUT2D eigenvalue weighted by molar-refractivity contribution is 7.15. The number of aromatic nitrogens is 1. The van der Waals surface area contributed by atoms with Crippen LogP contribution in [-0.2, 0) is 6.54 Å². The van der Waals surface area contributed by atoms with Crippen LogP contribution in [0.1, 0.15) is 5.01 Å². The van der Waals surface area contributed by atoms with Crippen LogP contribution in [0, 0.1) is 0 Å². The predicted octanol–water partition coefficient (Wildman–Crippen LogP) is 4.31. The van der Waals surface area contributed by atoms with Crippen molar-refractivity contribution < 1.29 is 17.9 Å². The molecule has 102 valence electrons. The lowest BCUT2D eigenvalue weighted by molar-refractivity contribution is -0.274. The number of anilines is 1. The van der Waals surface area contributed by atoms with Crippen molar-refractivity contribution in [2.75, 3.05) is 5.32 Å². The number of ether oxygens (including phenoxy) is 1. The van der Waals surface area contributed by atoms with E-state index in [0.29, 0.717) is 9.34 Å². The van der Waals surface area contributed by atoms with Gasteiger partial charge in [-0.1, -0.05) is 23.7 Å². The first-order valence-electron chi connectivity index (χ1n) is 5.13. The molecule has 1 N–H and O–H groups in total. The third-order valence-corrected chi connectivity index (χ3v) is 3.18. The number of hydrogen-bond acceptors (Lipinski definition) is 4. The molecule has 1 heterocycles. The molecule has 0 amide bonds. The van der Waals surface area contributed by atoms with Gasteiger partial charge >= 0.3 is 6.36 Å². The standard InChI is InChI=1S/C11H8ClF3N2OS/c12-9-5-17-10(19-9)6-16-7-3-1-2-4-8(7)18-11(13,14)15/h1-5,16H,6H2. The number of halogens is 4. The average Bonchev–Trinajstić information content (AvgIpc) is 2.72. The van der Waals surface area contributed by atoms with E-state index in [9.17, 15) is 13.2 Å². The Morgan fingerprint density at radius 2 is 2.05 bits per heavy atom. The fraction of sp³-hybridized carbons (Fsp3) is 0.182. The molecule has 0 aliphatic rings. The quantitative estimate of drug-likeness (QED) is 0.914. The summed E-state index contributed by atoms with van der Waals surface area (Å²) in [6.07, 6.45) is -3.23. The maximum absolute atomic E-state index is 12.2. The molecular weight excluding hydrogens is 301 g/mol. The van der Waals surface area contributed by atoms with Gasteiger partial charge in [-0.15, -0.1) is 24.5 Å². The van der Waals surface area contributed by atoms with E-state index in [1.54, 1.807) is 6.07 Å². The van der Waals surface area contributed by atoms with Crippen molar-refractivity contribution in [2.24, 2.45) is 0 Å². The lowest BCUT2D eigenvalue weighted by Crippen LogP contribution is -2.18. The fourth-order valence-electron chi connectivity index (χ4n) is 1.37.